The third kappa shape index (κ3) is 3.27. The molecule has 2 aliphatic rings. The molecule has 1 aromatic rings. The molecule has 0 aliphatic carbocycles. The summed E-state index contributed by atoms with van der Waals surface area (Å²) in [6, 6.07) is 8.10. The average molecular weight is 305 g/mol. The molecule has 3 nitrogen and oxygen atoms in total. The van der Waals surface area contributed by atoms with Gasteiger partial charge in [-0.05, 0) is 24.1 Å². The highest BCUT2D eigenvalue weighted by atomic mass is 32.2. The molecule has 0 unspecified atom stereocenters. The van der Waals surface area contributed by atoms with Crippen molar-refractivity contribution in [1.29, 1.82) is 0 Å². The van der Waals surface area contributed by atoms with Crippen LogP contribution in [0.5, 0.6) is 0 Å². The molecule has 0 N–H and O–H groups in total. The minimum absolute atomic E-state index is 0.00175. The van der Waals surface area contributed by atoms with Gasteiger partial charge in [0.2, 0.25) is 0 Å². The smallest absolute Gasteiger partial charge is 0.253 e. The molecule has 2 heterocycles. The standard InChI is InChI=1S/C17H23NO2S/c1-2-3-14-4-6-15(7-5-14)16(19)18-10-8-17(9-11-18)20-12-13-21-17/h4-7H,2-3,8-13H2,1H3. The topological polar surface area (TPSA) is 29.5 Å². The highest BCUT2D eigenvalue weighted by Crippen LogP contribution is 2.41. The fraction of sp³-hybridized carbons (Fsp3) is 0.588. The van der Waals surface area contributed by atoms with Crippen molar-refractivity contribution >= 4 is 17.7 Å². The second-order valence-electron chi connectivity index (χ2n) is 5.85. The minimum atomic E-state index is 0.00175. The van der Waals surface area contributed by atoms with Gasteiger partial charge in [0.15, 0.2) is 0 Å². The molecule has 1 aromatic carbocycles. The van der Waals surface area contributed by atoms with E-state index in [4.69, 9.17) is 4.74 Å². The number of ether oxygens (including phenoxy) is 1. The summed E-state index contributed by atoms with van der Waals surface area (Å²) in [7, 11) is 0. The molecule has 2 fully saturated rings. The number of rotatable bonds is 3. The van der Waals surface area contributed by atoms with Crippen molar-refractivity contribution in [2.75, 3.05) is 25.4 Å². The van der Waals surface area contributed by atoms with Gasteiger partial charge in [0.25, 0.3) is 5.91 Å². The Morgan fingerprint density at radius 3 is 2.57 bits per heavy atom. The van der Waals surface area contributed by atoms with E-state index in [9.17, 15) is 4.79 Å². The zero-order valence-corrected chi connectivity index (χ0v) is 13.5. The van der Waals surface area contributed by atoms with Crippen LogP contribution in [0.25, 0.3) is 0 Å². The highest BCUT2D eigenvalue weighted by Gasteiger charge is 2.40. The van der Waals surface area contributed by atoms with Crippen molar-refractivity contribution in [1.82, 2.24) is 4.90 Å². The summed E-state index contributed by atoms with van der Waals surface area (Å²) in [6.07, 6.45) is 4.13. The Balaban J connectivity index is 1.60. The summed E-state index contributed by atoms with van der Waals surface area (Å²) in [5, 5.41) is 0. The summed E-state index contributed by atoms with van der Waals surface area (Å²) < 4.78 is 5.88. The molecule has 0 saturated carbocycles. The number of nitrogens with zero attached hydrogens (tertiary/aromatic N) is 1. The maximum absolute atomic E-state index is 12.6. The number of carbonyl (C=O) groups excluding carboxylic acids is 1. The molecular weight excluding hydrogens is 282 g/mol. The fourth-order valence-electron chi connectivity index (χ4n) is 3.12. The van der Waals surface area contributed by atoms with Gasteiger partial charge in [0, 0.05) is 37.2 Å². The monoisotopic (exact) mass is 305 g/mol. The van der Waals surface area contributed by atoms with E-state index in [-0.39, 0.29) is 10.8 Å². The van der Waals surface area contributed by atoms with Crippen LogP contribution in [0.15, 0.2) is 24.3 Å². The lowest BCUT2D eigenvalue weighted by Gasteiger charge is -2.37. The van der Waals surface area contributed by atoms with E-state index >= 15 is 0 Å². The van der Waals surface area contributed by atoms with Crippen molar-refractivity contribution in [2.45, 2.75) is 37.5 Å². The first kappa shape index (κ1) is 14.9. The SMILES string of the molecule is CCCc1ccc(C(=O)N2CCC3(CC2)OCCS3)cc1. The Kier molecular flexibility index (Phi) is 4.55. The lowest BCUT2D eigenvalue weighted by molar-refractivity contribution is 0.00353. The van der Waals surface area contributed by atoms with Gasteiger partial charge in [-0.1, -0.05) is 25.5 Å². The van der Waals surface area contributed by atoms with Gasteiger partial charge < -0.3 is 9.64 Å². The summed E-state index contributed by atoms with van der Waals surface area (Å²) in [5.41, 5.74) is 2.12. The molecule has 0 atom stereocenters. The van der Waals surface area contributed by atoms with Crippen molar-refractivity contribution in [2.24, 2.45) is 0 Å². The maximum Gasteiger partial charge on any atom is 0.253 e. The molecule has 1 spiro atoms. The van der Waals surface area contributed by atoms with Crippen molar-refractivity contribution in [3.63, 3.8) is 0 Å². The Hall–Kier alpha value is -1.00. The summed E-state index contributed by atoms with van der Waals surface area (Å²) in [6.45, 7) is 4.65. The molecule has 0 aromatic heterocycles. The van der Waals surface area contributed by atoms with Crippen LogP contribution in [-0.2, 0) is 11.2 Å². The molecule has 0 radical (unpaired) electrons. The van der Waals surface area contributed by atoms with Crippen molar-refractivity contribution < 1.29 is 9.53 Å². The number of carbonyl (C=O) groups is 1. The van der Waals surface area contributed by atoms with Crippen LogP contribution in [0.3, 0.4) is 0 Å². The Morgan fingerprint density at radius 2 is 2.00 bits per heavy atom. The van der Waals surface area contributed by atoms with Gasteiger partial charge in [0.1, 0.15) is 4.93 Å². The van der Waals surface area contributed by atoms with E-state index in [0.717, 1.165) is 56.7 Å². The molecule has 0 bridgehead atoms. The third-order valence-corrected chi connectivity index (χ3v) is 5.79. The Bertz CT molecular complexity index is 484. The number of benzene rings is 1. The van der Waals surface area contributed by atoms with Crippen LogP contribution in [0.1, 0.15) is 42.1 Å². The van der Waals surface area contributed by atoms with Crippen LogP contribution in [0.2, 0.25) is 0 Å². The van der Waals surface area contributed by atoms with Gasteiger partial charge >= 0.3 is 0 Å². The molecule has 21 heavy (non-hydrogen) atoms. The number of hydrogen-bond acceptors (Lipinski definition) is 3. The normalized spacial score (nSPS) is 20.9. The lowest BCUT2D eigenvalue weighted by atomic mass is 10.0. The number of piperidine rings is 1. The van der Waals surface area contributed by atoms with Crippen molar-refractivity contribution in [3.05, 3.63) is 35.4 Å². The highest BCUT2D eigenvalue weighted by molar-refractivity contribution is 8.00. The second kappa shape index (κ2) is 6.41. The van der Waals surface area contributed by atoms with E-state index in [0.29, 0.717) is 0 Å². The van der Waals surface area contributed by atoms with Gasteiger partial charge in [-0.15, -0.1) is 11.8 Å². The van der Waals surface area contributed by atoms with E-state index in [1.165, 1.54) is 5.56 Å². The van der Waals surface area contributed by atoms with E-state index in [1.807, 2.05) is 28.8 Å². The van der Waals surface area contributed by atoms with E-state index < -0.39 is 0 Å². The molecule has 2 aliphatic heterocycles. The first-order valence-electron chi connectivity index (χ1n) is 7.88. The van der Waals surface area contributed by atoms with Crippen LogP contribution >= 0.6 is 11.8 Å². The number of likely N-dealkylation sites (tertiary alicyclic amines) is 1. The predicted molar refractivity (Wildman–Crippen MR) is 86.7 cm³/mol. The molecule has 2 saturated heterocycles. The Labute approximate surface area is 131 Å². The number of amides is 1. The summed E-state index contributed by atoms with van der Waals surface area (Å²) >= 11 is 1.92. The van der Waals surface area contributed by atoms with E-state index in [1.54, 1.807) is 0 Å². The summed E-state index contributed by atoms with van der Waals surface area (Å²) in [4.78, 5) is 14.5. The molecular formula is C17H23NO2S. The molecule has 3 rings (SSSR count). The van der Waals surface area contributed by atoms with Gasteiger partial charge in [-0.2, -0.15) is 0 Å². The quantitative estimate of drug-likeness (QED) is 0.858. The Morgan fingerprint density at radius 1 is 1.29 bits per heavy atom. The first-order valence-corrected chi connectivity index (χ1v) is 8.87. The maximum atomic E-state index is 12.6. The van der Waals surface area contributed by atoms with Crippen LogP contribution in [0.4, 0.5) is 0 Å². The van der Waals surface area contributed by atoms with Crippen molar-refractivity contribution in [3.8, 4) is 0 Å². The van der Waals surface area contributed by atoms with Crippen LogP contribution in [0, 0.1) is 0 Å². The second-order valence-corrected chi connectivity index (χ2v) is 7.29. The zero-order chi connectivity index (χ0) is 14.7. The minimum Gasteiger partial charge on any atom is -0.363 e. The predicted octanol–water partition coefficient (Wildman–Crippen LogP) is 3.33. The fourth-order valence-corrected chi connectivity index (χ4v) is 4.30. The number of hydrogen-bond donors (Lipinski definition) is 0. The first-order chi connectivity index (χ1) is 10.2. The number of aryl methyl sites for hydroxylation is 1. The molecule has 4 heteroatoms. The largest absolute Gasteiger partial charge is 0.363 e. The number of thioether (sulfide) groups is 1. The molecule has 1 amide bonds. The van der Waals surface area contributed by atoms with Gasteiger partial charge in [-0.3, -0.25) is 4.79 Å². The summed E-state index contributed by atoms with van der Waals surface area (Å²) in [5.74, 6) is 1.25. The average Bonchev–Trinajstić information content (AvgIpc) is 2.97. The van der Waals surface area contributed by atoms with Crippen LogP contribution < -0.4 is 0 Å². The van der Waals surface area contributed by atoms with Gasteiger partial charge in [0.05, 0.1) is 6.61 Å². The zero-order valence-electron chi connectivity index (χ0n) is 12.6. The lowest BCUT2D eigenvalue weighted by Crippen LogP contribution is -2.45. The van der Waals surface area contributed by atoms with E-state index in [2.05, 4.69) is 19.1 Å². The van der Waals surface area contributed by atoms with Gasteiger partial charge in [-0.25, -0.2) is 0 Å². The van der Waals surface area contributed by atoms with Crippen LogP contribution in [-0.4, -0.2) is 41.2 Å². The molecule has 114 valence electrons. The third-order valence-electron chi connectivity index (χ3n) is 4.37.